The molecule has 1 rings (SSSR count). The van der Waals surface area contributed by atoms with Gasteiger partial charge < -0.3 is 21.7 Å². The molecule has 0 saturated carbocycles. The molecule has 0 heterocycles. The summed E-state index contributed by atoms with van der Waals surface area (Å²) in [6.07, 6.45) is 0. The van der Waals surface area contributed by atoms with E-state index in [-0.39, 0.29) is 6.61 Å². The Morgan fingerprint density at radius 3 is 2.64 bits per heavy atom. The first kappa shape index (κ1) is 10.5. The Balaban J connectivity index is 3.13. The molecule has 0 aromatic heterocycles. The van der Waals surface area contributed by atoms with Crippen LogP contribution in [0.2, 0.25) is 0 Å². The lowest BCUT2D eigenvalue weighted by molar-refractivity contribution is -0.138. The Bertz CT molecular complexity index is 352. The minimum Gasteiger partial charge on any atom is -0.480 e. The van der Waals surface area contributed by atoms with Crippen LogP contribution in [0.25, 0.3) is 0 Å². The summed E-state index contributed by atoms with van der Waals surface area (Å²) in [5, 5.41) is 17.7. The Morgan fingerprint density at radius 1 is 1.50 bits per heavy atom. The van der Waals surface area contributed by atoms with Gasteiger partial charge in [0.1, 0.15) is 6.04 Å². The number of aliphatic hydroxyl groups excluding tert-OH is 1. The Kier molecular flexibility index (Phi) is 3.06. The molecule has 6 N–H and O–H groups in total. The van der Waals surface area contributed by atoms with Crippen molar-refractivity contribution in [2.45, 2.75) is 12.6 Å². The number of nitrogen functional groups attached to an aromatic ring is 1. The normalized spacial score (nSPS) is 12.4. The smallest absolute Gasteiger partial charge is 0.325 e. The van der Waals surface area contributed by atoms with Gasteiger partial charge in [0.2, 0.25) is 0 Å². The predicted octanol–water partition coefficient (Wildman–Crippen LogP) is -0.154. The number of rotatable bonds is 3. The summed E-state index contributed by atoms with van der Waals surface area (Å²) in [5.41, 5.74) is 12.2. The Morgan fingerprint density at radius 2 is 2.14 bits per heavy atom. The first-order valence-electron chi connectivity index (χ1n) is 4.03. The molecule has 1 aromatic carbocycles. The molecule has 0 spiro atoms. The van der Waals surface area contributed by atoms with Crippen molar-refractivity contribution in [3.8, 4) is 0 Å². The van der Waals surface area contributed by atoms with E-state index in [1.54, 1.807) is 6.07 Å². The Labute approximate surface area is 81.0 Å². The topological polar surface area (TPSA) is 110 Å². The van der Waals surface area contributed by atoms with Crippen molar-refractivity contribution in [2.24, 2.45) is 5.73 Å². The van der Waals surface area contributed by atoms with Crippen LogP contribution in [0.5, 0.6) is 0 Å². The third-order valence-corrected chi connectivity index (χ3v) is 1.94. The van der Waals surface area contributed by atoms with Crippen molar-refractivity contribution >= 4 is 11.7 Å². The molecule has 0 aliphatic carbocycles. The zero-order valence-corrected chi connectivity index (χ0v) is 7.47. The molecule has 5 heteroatoms. The average Bonchev–Trinajstić information content (AvgIpc) is 2.16. The van der Waals surface area contributed by atoms with Gasteiger partial charge in [-0.25, -0.2) is 0 Å². The van der Waals surface area contributed by atoms with E-state index in [2.05, 4.69) is 0 Å². The zero-order valence-electron chi connectivity index (χ0n) is 7.47. The number of anilines is 1. The van der Waals surface area contributed by atoms with Gasteiger partial charge in [-0.15, -0.1) is 0 Å². The van der Waals surface area contributed by atoms with E-state index in [9.17, 15) is 4.79 Å². The third-order valence-electron chi connectivity index (χ3n) is 1.94. The molecular formula is C9H12N2O3. The molecule has 0 fully saturated rings. The number of hydrogen-bond acceptors (Lipinski definition) is 4. The van der Waals surface area contributed by atoms with Crippen LogP contribution in [0.4, 0.5) is 5.69 Å². The molecule has 5 nitrogen and oxygen atoms in total. The van der Waals surface area contributed by atoms with Crippen LogP contribution in [0.3, 0.4) is 0 Å². The molecule has 0 amide bonds. The van der Waals surface area contributed by atoms with Crippen molar-refractivity contribution in [2.75, 3.05) is 5.73 Å². The highest BCUT2D eigenvalue weighted by molar-refractivity contribution is 5.76. The van der Waals surface area contributed by atoms with E-state index in [0.29, 0.717) is 16.8 Å². The fraction of sp³-hybridized carbons (Fsp3) is 0.222. The maximum absolute atomic E-state index is 10.6. The van der Waals surface area contributed by atoms with Crippen molar-refractivity contribution in [3.63, 3.8) is 0 Å². The lowest BCUT2D eigenvalue weighted by Gasteiger charge is -2.11. The van der Waals surface area contributed by atoms with Crippen LogP contribution in [0, 0.1) is 0 Å². The summed E-state index contributed by atoms with van der Waals surface area (Å²) in [5.74, 6) is -1.13. The monoisotopic (exact) mass is 196 g/mol. The quantitative estimate of drug-likeness (QED) is 0.502. The lowest BCUT2D eigenvalue weighted by Crippen LogP contribution is -2.22. The van der Waals surface area contributed by atoms with Gasteiger partial charge in [-0.2, -0.15) is 0 Å². The number of hydrogen-bond donors (Lipinski definition) is 4. The number of benzene rings is 1. The largest absolute Gasteiger partial charge is 0.480 e. The molecule has 0 radical (unpaired) electrons. The lowest BCUT2D eigenvalue weighted by atomic mass is 10.0. The number of aliphatic hydroxyl groups is 1. The Hall–Kier alpha value is -1.59. The summed E-state index contributed by atoms with van der Waals surface area (Å²) < 4.78 is 0. The molecular weight excluding hydrogens is 184 g/mol. The summed E-state index contributed by atoms with van der Waals surface area (Å²) in [7, 11) is 0. The maximum Gasteiger partial charge on any atom is 0.325 e. The fourth-order valence-corrected chi connectivity index (χ4v) is 1.20. The van der Waals surface area contributed by atoms with Gasteiger partial charge in [0.15, 0.2) is 0 Å². The van der Waals surface area contributed by atoms with E-state index in [4.69, 9.17) is 21.7 Å². The van der Waals surface area contributed by atoms with E-state index in [1.807, 2.05) is 0 Å². The van der Waals surface area contributed by atoms with Gasteiger partial charge in [0, 0.05) is 5.69 Å². The highest BCUT2D eigenvalue weighted by Gasteiger charge is 2.17. The first-order chi connectivity index (χ1) is 6.56. The summed E-state index contributed by atoms with van der Waals surface area (Å²) in [6.45, 7) is -0.276. The van der Waals surface area contributed by atoms with Gasteiger partial charge in [-0.05, 0) is 23.3 Å². The minimum atomic E-state index is -1.13. The standard InChI is InChI=1S/C9H12N2O3/c10-6-1-2-7(5(3-6)4-12)8(11)9(13)14/h1-3,8,12H,4,10-11H2,(H,13,14)/t8-/m1/s1. The molecule has 0 saturated heterocycles. The van der Waals surface area contributed by atoms with Gasteiger partial charge in [0.25, 0.3) is 0 Å². The van der Waals surface area contributed by atoms with E-state index in [0.717, 1.165) is 0 Å². The van der Waals surface area contributed by atoms with Crippen molar-refractivity contribution in [1.29, 1.82) is 0 Å². The first-order valence-corrected chi connectivity index (χ1v) is 4.03. The van der Waals surface area contributed by atoms with E-state index in [1.165, 1.54) is 12.1 Å². The van der Waals surface area contributed by atoms with Crippen LogP contribution in [0.1, 0.15) is 17.2 Å². The fourth-order valence-electron chi connectivity index (χ4n) is 1.20. The molecule has 0 aliphatic rings. The van der Waals surface area contributed by atoms with Crippen molar-refractivity contribution in [3.05, 3.63) is 29.3 Å². The molecule has 1 aromatic rings. The van der Waals surface area contributed by atoms with E-state index < -0.39 is 12.0 Å². The average molecular weight is 196 g/mol. The van der Waals surface area contributed by atoms with Gasteiger partial charge >= 0.3 is 5.97 Å². The highest BCUT2D eigenvalue weighted by Crippen LogP contribution is 2.19. The maximum atomic E-state index is 10.6. The SMILES string of the molecule is Nc1ccc([C@@H](N)C(=O)O)c(CO)c1. The van der Waals surface area contributed by atoms with E-state index >= 15 is 0 Å². The van der Waals surface area contributed by atoms with Gasteiger partial charge in [-0.3, -0.25) is 4.79 Å². The van der Waals surface area contributed by atoms with Crippen LogP contribution in [-0.4, -0.2) is 16.2 Å². The number of carbonyl (C=O) groups is 1. The number of nitrogens with two attached hydrogens (primary N) is 2. The van der Waals surface area contributed by atoms with Crippen LogP contribution < -0.4 is 11.5 Å². The molecule has 76 valence electrons. The number of carboxylic acids is 1. The van der Waals surface area contributed by atoms with Gasteiger partial charge in [-0.1, -0.05) is 6.07 Å². The predicted molar refractivity (Wildman–Crippen MR) is 51.3 cm³/mol. The van der Waals surface area contributed by atoms with Crippen LogP contribution >= 0.6 is 0 Å². The molecule has 0 bridgehead atoms. The third kappa shape index (κ3) is 2.01. The van der Waals surface area contributed by atoms with Crippen molar-refractivity contribution < 1.29 is 15.0 Å². The van der Waals surface area contributed by atoms with Gasteiger partial charge in [0.05, 0.1) is 6.61 Å². The highest BCUT2D eigenvalue weighted by atomic mass is 16.4. The number of carboxylic acid groups (broad SMARTS) is 1. The molecule has 0 unspecified atom stereocenters. The second-order valence-electron chi connectivity index (χ2n) is 2.93. The number of aliphatic carboxylic acids is 1. The molecule has 14 heavy (non-hydrogen) atoms. The minimum absolute atomic E-state index is 0.276. The molecule has 1 atom stereocenters. The summed E-state index contributed by atoms with van der Waals surface area (Å²) >= 11 is 0. The van der Waals surface area contributed by atoms with Crippen LogP contribution in [0.15, 0.2) is 18.2 Å². The molecule has 0 aliphatic heterocycles. The second-order valence-corrected chi connectivity index (χ2v) is 2.93. The zero-order chi connectivity index (χ0) is 10.7. The summed E-state index contributed by atoms with van der Waals surface area (Å²) in [6, 6.07) is 3.45. The van der Waals surface area contributed by atoms with Crippen LogP contribution in [-0.2, 0) is 11.4 Å². The second kappa shape index (κ2) is 4.08. The van der Waals surface area contributed by atoms with Crippen molar-refractivity contribution in [1.82, 2.24) is 0 Å². The summed E-state index contributed by atoms with van der Waals surface area (Å²) in [4.78, 5) is 10.6.